The number of anilines is 1. The first-order chi connectivity index (χ1) is 20.9. The van der Waals surface area contributed by atoms with E-state index in [4.69, 9.17) is 24.9 Å². The summed E-state index contributed by atoms with van der Waals surface area (Å²) >= 11 is 0. The van der Waals surface area contributed by atoms with E-state index in [1.807, 2.05) is 42.5 Å². The second kappa shape index (κ2) is 14.4. The van der Waals surface area contributed by atoms with Gasteiger partial charge in [0.25, 0.3) is 0 Å². The number of nitrogens with one attached hydrogen (secondary N) is 1. The van der Waals surface area contributed by atoms with Gasteiger partial charge in [-0.2, -0.15) is 0 Å². The third kappa shape index (κ3) is 7.22. The van der Waals surface area contributed by atoms with E-state index in [0.29, 0.717) is 42.7 Å². The normalized spacial score (nSPS) is 23.1. The lowest BCUT2D eigenvalue weighted by molar-refractivity contribution is -0.123. The van der Waals surface area contributed by atoms with Crippen molar-refractivity contribution in [2.24, 2.45) is 11.7 Å². The van der Waals surface area contributed by atoms with E-state index >= 15 is 0 Å². The van der Waals surface area contributed by atoms with E-state index in [0.717, 1.165) is 56.4 Å². The minimum absolute atomic E-state index is 0.0154. The summed E-state index contributed by atoms with van der Waals surface area (Å²) in [6, 6.07) is 13.3. The number of aliphatic hydroxyl groups is 3. The first kappa shape index (κ1) is 31.0. The number of hydrogen-bond donors (Lipinski definition) is 5. The van der Waals surface area contributed by atoms with Crippen LogP contribution in [0.3, 0.4) is 0 Å². The number of aliphatic hydroxyl groups excluding tert-OH is 3. The van der Waals surface area contributed by atoms with Crippen molar-refractivity contribution in [2.75, 3.05) is 44.8 Å². The number of rotatable bonds is 14. The van der Waals surface area contributed by atoms with Crippen molar-refractivity contribution in [2.45, 2.75) is 63.7 Å². The zero-order valence-electron chi connectivity index (χ0n) is 24.6. The van der Waals surface area contributed by atoms with E-state index in [1.165, 1.54) is 0 Å². The Bertz CT molecular complexity index is 1360. The van der Waals surface area contributed by atoms with Crippen molar-refractivity contribution in [1.82, 2.24) is 14.5 Å². The molecular weight excluding hydrogens is 554 g/mol. The molecule has 6 N–H and O–H groups in total. The summed E-state index contributed by atoms with van der Waals surface area (Å²) in [5.41, 5.74) is 7.82. The fraction of sp³-hybridized carbons (Fsp3) is 0.548. The van der Waals surface area contributed by atoms with E-state index in [-0.39, 0.29) is 11.8 Å². The molecule has 2 aliphatic rings. The molecular formula is C31H43N5O7. The summed E-state index contributed by atoms with van der Waals surface area (Å²) in [5.74, 6) is 1.60. The fourth-order valence-corrected chi connectivity index (χ4v) is 5.72. The highest BCUT2D eigenvalue weighted by molar-refractivity contribution is 5.79. The number of benzene rings is 2. The average Bonchev–Trinajstić information content (AvgIpc) is 3.53. The number of imidazole rings is 1. The number of nitrogens with zero attached hydrogens (tertiary/aromatic N) is 3. The van der Waals surface area contributed by atoms with Crippen molar-refractivity contribution in [3.63, 3.8) is 0 Å². The van der Waals surface area contributed by atoms with Crippen LogP contribution in [0, 0.1) is 5.92 Å². The average molecular weight is 598 g/mol. The summed E-state index contributed by atoms with van der Waals surface area (Å²) in [7, 11) is 0. The van der Waals surface area contributed by atoms with Crippen molar-refractivity contribution >= 4 is 22.9 Å². The van der Waals surface area contributed by atoms with Gasteiger partial charge in [0, 0.05) is 19.0 Å². The molecule has 3 aromatic rings. The zero-order valence-corrected chi connectivity index (χ0v) is 24.6. The lowest BCUT2D eigenvalue weighted by Gasteiger charge is -2.30. The molecule has 1 aromatic heterocycles. The van der Waals surface area contributed by atoms with Gasteiger partial charge in [-0.1, -0.05) is 25.1 Å². The lowest BCUT2D eigenvalue weighted by Crippen LogP contribution is -2.39. The monoisotopic (exact) mass is 597 g/mol. The Kier molecular flexibility index (Phi) is 10.4. The standard InChI is InChI=1S/C31H43N5O7/c1-2-15-41-24-9-8-20(17-25(24)42-16-5-12-35-13-10-21(11-14-35)29(32)40)18-33-31-34-22-6-3-4-7-23(22)36(31)30-28(39)27(38)26(19-37)43-30/h3-4,6-9,17,21,26-28,30,37-39H,2,5,10-16,18-19H2,1H3,(H2,32,40)(H,33,34)/t26-,27-,28-,30-/m1/s1. The number of primary amides is 1. The van der Waals surface area contributed by atoms with Gasteiger partial charge in [0.1, 0.15) is 18.3 Å². The highest BCUT2D eigenvalue weighted by atomic mass is 16.6. The lowest BCUT2D eigenvalue weighted by atomic mass is 9.96. The van der Waals surface area contributed by atoms with Crippen LogP contribution in [0.5, 0.6) is 11.5 Å². The quantitative estimate of drug-likeness (QED) is 0.174. The van der Waals surface area contributed by atoms with Gasteiger partial charge in [0.15, 0.2) is 17.7 Å². The Labute approximate surface area is 251 Å². The van der Waals surface area contributed by atoms with Crippen LogP contribution in [0.4, 0.5) is 5.95 Å². The number of para-hydroxylation sites is 2. The zero-order chi connectivity index (χ0) is 30.3. The molecule has 0 spiro atoms. The topological polar surface area (TPSA) is 165 Å². The predicted molar refractivity (Wildman–Crippen MR) is 161 cm³/mol. The molecule has 3 heterocycles. The fourth-order valence-electron chi connectivity index (χ4n) is 5.72. The SMILES string of the molecule is CCCOc1ccc(CNc2nc3ccccc3n2[C@@H]2O[C@H](CO)[C@@H](O)[C@H]2O)cc1OCCCN1CCC(C(N)=O)CC1. The maximum atomic E-state index is 11.4. The molecule has 0 bridgehead atoms. The minimum atomic E-state index is -1.24. The van der Waals surface area contributed by atoms with Crippen LogP contribution >= 0.6 is 0 Å². The molecule has 0 saturated carbocycles. The molecule has 2 fully saturated rings. The van der Waals surface area contributed by atoms with Gasteiger partial charge >= 0.3 is 0 Å². The van der Waals surface area contributed by atoms with E-state index in [9.17, 15) is 20.1 Å². The largest absolute Gasteiger partial charge is 0.490 e. The third-order valence-corrected chi connectivity index (χ3v) is 8.15. The Morgan fingerprint density at radius 3 is 2.58 bits per heavy atom. The number of amides is 1. The maximum absolute atomic E-state index is 11.4. The van der Waals surface area contributed by atoms with Gasteiger partial charge in [-0.3, -0.25) is 9.36 Å². The molecule has 12 nitrogen and oxygen atoms in total. The molecule has 5 rings (SSSR count). The van der Waals surface area contributed by atoms with Crippen molar-refractivity contribution < 1.29 is 34.3 Å². The summed E-state index contributed by atoms with van der Waals surface area (Å²) in [6.07, 6.45) is -0.947. The smallest absolute Gasteiger partial charge is 0.220 e. The number of aromatic nitrogens is 2. The van der Waals surface area contributed by atoms with Gasteiger partial charge < -0.3 is 45.5 Å². The minimum Gasteiger partial charge on any atom is -0.490 e. The molecule has 12 heteroatoms. The molecule has 234 valence electrons. The highest BCUT2D eigenvalue weighted by Crippen LogP contribution is 2.35. The number of hydrogen-bond acceptors (Lipinski definition) is 10. The van der Waals surface area contributed by atoms with Gasteiger partial charge in [0.05, 0.1) is 30.9 Å². The van der Waals surface area contributed by atoms with Gasteiger partial charge in [0.2, 0.25) is 11.9 Å². The first-order valence-corrected chi connectivity index (χ1v) is 15.1. The van der Waals surface area contributed by atoms with Crippen LogP contribution in [-0.4, -0.2) is 93.4 Å². The van der Waals surface area contributed by atoms with Crippen molar-refractivity contribution in [1.29, 1.82) is 0 Å². The molecule has 4 atom stereocenters. The summed E-state index contributed by atoms with van der Waals surface area (Å²) < 4.78 is 19.7. The molecule has 0 aliphatic carbocycles. The molecule has 2 aliphatic heterocycles. The molecule has 0 unspecified atom stereocenters. The van der Waals surface area contributed by atoms with E-state index in [2.05, 4.69) is 17.1 Å². The van der Waals surface area contributed by atoms with Crippen LogP contribution < -0.4 is 20.5 Å². The highest BCUT2D eigenvalue weighted by Gasteiger charge is 2.44. The van der Waals surface area contributed by atoms with E-state index in [1.54, 1.807) is 4.57 Å². The van der Waals surface area contributed by atoms with Crippen LogP contribution in [0.1, 0.15) is 44.4 Å². The number of likely N-dealkylation sites (tertiary alicyclic amines) is 1. The van der Waals surface area contributed by atoms with Gasteiger partial charge in [-0.05, 0) is 68.6 Å². The predicted octanol–water partition coefficient (Wildman–Crippen LogP) is 2.01. The molecule has 0 radical (unpaired) electrons. The van der Waals surface area contributed by atoms with Crippen LogP contribution in [0.15, 0.2) is 42.5 Å². The molecule has 2 aromatic carbocycles. The van der Waals surface area contributed by atoms with Crippen molar-refractivity contribution in [3.8, 4) is 11.5 Å². The Balaban J connectivity index is 1.25. The Morgan fingerprint density at radius 1 is 1.09 bits per heavy atom. The number of carbonyl (C=O) groups is 1. The molecule has 43 heavy (non-hydrogen) atoms. The van der Waals surface area contributed by atoms with Gasteiger partial charge in [-0.15, -0.1) is 0 Å². The number of fused-ring (bicyclic) bond motifs is 1. The summed E-state index contributed by atoms with van der Waals surface area (Å²) in [5, 5.41) is 34.1. The molecule has 2 saturated heterocycles. The number of piperidine rings is 1. The number of nitrogens with two attached hydrogens (primary N) is 1. The summed E-state index contributed by atoms with van der Waals surface area (Å²) in [4.78, 5) is 18.5. The molecule has 1 amide bonds. The number of ether oxygens (including phenoxy) is 3. The van der Waals surface area contributed by atoms with Crippen LogP contribution in [-0.2, 0) is 16.1 Å². The Hall–Kier alpha value is -3.42. The second-order valence-corrected chi connectivity index (χ2v) is 11.2. The Morgan fingerprint density at radius 2 is 1.86 bits per heavy atom. The van der Waals surface area contributed by atoms with Crippen LogP contribution in [0.25, 0.3) is 11.0 Å². The summed E-state index contributed by atoms with van der Waals surface area (Å²) in [6.45, 7) is 5.77. The third-order valence-electron chi connectivity index (χ3n) is 8.15. The van der Waals surface area contributed by atoms with Crippen molar-refractivity contribution in [3.05, 3.63) is 48.0 Å². The second-order valence-electron chi connectivity index (χ2n) is 11.2. The van der Waals surface area contributed by atoms with E-state index < -0.39 is 31.1 Å². The van der Waals surface area contributed by atoms with Crippen LogP contribution in [0.2, 0.25) is 0 Å². The first-order valence-electron chi connectivity index (χ1n) is 15.1. The maximum Gasteiger partial charge on any atom is 0.220 e. The number of carbonyl (C=O) groups excluding carboxylic acids is 1. The van der Waals surface area contributed by atoms with Gasteiger partial charge in [-0.25, -0.2) is 4.98 Å².